The number of benzene rings is 4. The molecule has 0 N–H and O–H groups in total. The second kappa shape index (κ2) is 21.5. The first kappa shape index (κ1) is 45.2. The molecule has 0 aromatic heterocycles. The molecule has 0 heterocycles. The number of hydrogen-bond acceptors (Lipinski definition) is 8. The molecule has 0 unspecified atom stereocenters. The highest BCUT2D eigenvalue weighted by atomic mass is 127. The minimum Gasteiger partial charge on any atom is -0.489 e. The van der Waals surface area contributed by atoms with Crippen molar-refractivity contribution >= 4 is 102 Å². The van der Waals surface area contributed by atoms with Gasteiger partial charge in [-0.15, -0.1) is 0 Å². The van der Waals surface area contributed by atoms with Crippen molar-refractivity contribution in [3.63, 3.8) is 0 Å². The molecule has 0 bridgehead atoms. The fourth-order valence-electron chi connectivity index (χ4n) is 7.15. The second-order valence-electron chi connectivity index (χ2n) is 14.8. The molecule has 0 spiro atoms. The molecule has 4 aromatic carbocycles. The van der Waals surface area contributed by atoms with Crippen LogP contribution in [0.25, 0.3) is 0 Å². The molecule has 304 valence electrons. The molecular formula is C44H46I5O8+. The van der Waals surface area contributed by atoms with Crippen LogP contribution in [0.1, 0.15) is 82.8 Å². The smallest absolute Gasteiger partial charge is 0.357 e. The highest BCUT2D eigenvalue weighted by molar-refractivity contribution is 14.1. The first-order valence-corrected chi connectivity index (χ1v) is 25.6. The largest absolute Gasteiger partial charge is 0.489 e. The average Bonchev–Trinajstić information content (AvgIpc) is 3.85. The van der Waals surface area contributed by atoms with Crippen molar-refractivity contribution in [2.24, 2.45) is 5.41 Å². The summed E-state index contributed by atoms with van der Waals surface area (Å²) < 4.78 is 42.5. The maximum Gasteiger partial charge on any atom is 0.357 e. The van der Waals surface area contributed by atoms with Crippen LogP contribution in [0.5, 0.6) is 23.0 Å². The molecule has 2 aliphatic rings. The third kappa shape index (κ3) is 13.3. The summed E-state index contributed by atoms with van der Waals surface area (Å²) in [5.41, 5.74) is 1.51. The van der Waals surface area contributed by atoms with Crippen LogP contribution in [0, 0.1) is 26.8 Å². The van der Waals surface area contributed by atoms with Gasteiger partial charge in [-0.3, -0.25) is 0 Å². The maximum atomic E-state index is 12.8. The Balaban J connectivity index is 0.985. The van der Waals surface area contributed by atoms with Crippen LogP contribution in [0.15, 0.2) is 72.8 Å². The number of hydrogen-bond donors (Lipinski definition) is 0. The molecule has 2 saturated carbocycles. The summed E-state index contributed by atoms with van der Waals surface area (Å²) in [6, 6.07) is 24.6. The SMILES string of the molecule is CCC1(OC(=O)COc2c(I)cc(I)cc2COc2ccc([I+]c3ccc(OCc4cc(I)cc(I)c4OCC(=O)OCC4(C)CCCC4)cc3)cc2)CCCC1. The number of halogens is 5. The molecule has 2 aliphatic carbocycles. The Kier molecular flexibility index (Phi) is 17.0. The van der Waals surface area contributed by atoms with Crippen molar-refractivity contribution in [2.75, 3.05) is 19.8 Å². The normalized spacial score (nSPS) is 15.5. The van der Waals surface area contributed by atoms with Crippen molar-refractivity contribution in [3.05, 3.63) is 105 Å². The van der Waals surface area contributed by atoms with Crippen LogP contribution in [0.4, 0.5) is 0 Å². The third-order valence-corrected chi connectivity index (χ3v) is 15.9. The van der Waals surface area contributed by atoms with Crippen molar-refractivity contribution in [2.45, 2.75) is 90.4 Å². The molecule has 2 fully saturated rings. The van der Waals surface area contributed by atoms with Gasteiger partial charge in [-0.25, -0.2) is 9.59 Å². The van der Waals surface area contributed by atoms with E-state index in [-0.39, 0.29) is 36.2 Å². The first-order valence-electron chi connectivity index (χ1n) is 19.1. The molecule has 6 rings (SSSR count). The Morgan fingerprint density at radius 1 is 0.632 bits per heavy atom. The summed E-state index contributed by atoms with van der Waals surface area (Å²) in [6.07, 6.45) is 9.45. The molecule has 57 heavy (non-hydrogen) atoms. The summed E-state index contributed by atoms with van der Waals surface area (Å²) in [5.74, 6) is 2.17. The monoisotopic (exact) mass is 1340 g/mol. The van der Waals surface area contributed by atoms with Gasteiger partial charge in [0.2, 0.25) is 0 Å². The lowest BCUT2D eigenvalue weighted by molar-refractivity contribution is -0.597. The van der Waals surface area contributed by atoms with E-state index >= 15 is 0 Å². The summed E-state index contributed by atoms with van der Waals surface area (Å²) in [6.45, 7) is 5.08. The first-order chi connectivity index (χ1) is 27.4. The Hall–Kier alpha value is -1.33. The lowest BCUT2D eigenvalue weighted by atomic mass is 9.90. The quantitative estimate of drug-likeness (QED) is 0.0725. The van der Waals surface area contributed by atoms with Gasteiger partial charge < -0.3 is 28.4 Å². The summed E-state index contributed by atoms with van der Waals surface area (Å²) in [7, 11) is 0. The second-order valence-corrected chi connectivity index (χ2v) is 22.7. The highest BCUT2D eigenvalue weighted by Gasteiger charge is 2.36. The van der Waals surface area contributed by atoms with Crippen LogP contribution in [0.2, 0.25) is 0 Å². The predicted octanol–water partition coefficient (Wildman–Crippen LogP) is 8.54. The van der Waals surface area contributed by atoms with Gasteiger partial charge in [-0.1, -0.05) is 26.7 Å². The molecule has 0 amide bonds. The van der Waals surface area contributed by atoms with Gasteiger partial charge in [-0.2, -0.15) is 0 Å². The Morgan fingerprint density at radius 2 is 1.09 bits per heavy atom. The van der Waals surface area contributed by atoms with Crippen LogP contribution in [-0.2, 0) is 32.3 Å². The lowest BCUT2D eigenvalue weighted by Crippen LogP contribution is -3.61. The van der Waals surface area contributed by atoms with Gasteiger partial charge in [-0.05, 0) is 208 Å². The Bertz CT molecular complexity index is 1990. The van der Waals surface area contributed by atoms with Crippen molar-refractivity contribution in [3.8, 4) is 23.0 Å². The fraction of sp³-hybridized carbons (Fsp3) is 0.409. The summed E-state index contributed by atoms with van der Waals surface area (Å²) >= 11 is 8.66. The Labute approximate surface area is 400 Å². The highest BCUT2D eigenvalue weighted by Crippen LogP contribution is 2.38. The summed E-state index contributed by atoms with van der Waals surface area (Å²) in [5, 5.41) is 0. The predicted molar refractivity (Wildman–Crippen MR) is 249 cm³/mol. The lowest BCUT2D eigenvalue weighted by Gasteiger charge is -2.27. The van der Waals surface area contributed by atoms with Crippen LogP contribution in [0.3, 0.4) is 0 Å². The van der Waals surface area contributed by atoms with Gasteiger partial charge in [0.25, 0.3) is 0 Å². The van der Waals surface area contributed by atoms with Gasteiger partial charge in [0.05, 0.1) is 13.7 Å². The van der Waals surface area contributed by atoms with Gasteiger partial charge >= 0.3 is 33.1 Å². The van der Waals surface area contributed by atoms with E-state index in [2.05, 4.69) is 128 Å². The molecule has 4 aromatic rings. The minimum absolute atomic E-state index is 0.0837. The van der Waals surface area contributed by atoms with Crippen LogP contribution < -0.4 is 40.2 Å². The van der Waals surface area contributed by atoms with Gasteiger partial charge in [0.1, 0.15) is 41.8 Å². The van der Waals surface area contributed by atoms with E-state index in [1.54, 1.807) is 0 Å². The zero-order valence-corrected chi connectivity index (χ0v) is 42.8. The number of ether oxygens (including phenoxy) is 6. The van der Waals surface area contributed by atoms with Crippen LogP contribution in [-0.4, -0.2) is 37.4 Å². The van der Waals surface area contributed by atoms with Gasteiger partial charge in [0, 0.05) is 23.7 Å². The molecule has 8 nitrogen and oxygen atoms in total. The molecule has 0 aliphatic heterocycles. The molecule has 0 atom stereocenters. The van der Waals surface area contributed by atoms with Crippen molar-refractivity contribution in [1.29, 1.82) is 0 Å². The molecule has 0 saturated heterocycles. The average molecular weight is 1340 g/mol. The fourth-order valence-corrected chi connectivity index (χ4v) is 13.5. The van der Waals surface area contributed by atoms with E-state index < -0.39 is 21.2 Å². The van der Waals surface area contributed by atoms with E-state index in [9.17, 15) is 9.59 Å². The van der Waals surface area contributed by atoms with E-state index in [0.717, 1.165) is 81.9 Å². The van der Waals surface area contributed by atoms with E-state index in [0.29, 0.717) is 31.3 Å². The standard InChI is InChI=1S/C44H46I5O8/c1-3-44(18-6-7-19-44)57-40(51)27-55-42-30(21-32(46)23-38(42)48)25-53-36-14-10-34(11-15-36)49-33-8-12-35(13-9-33)52-24-29-20-31(45)22-37(47)41(29)54-26-39(50)56-28-43(2)16-4-5-17-43/h8-15,20-23H,3-7,16-19,24-28H2,1-2H3/q+1. The topological polar surface area (TPSA) is 89.5 Å². The number of rotatable bonds is 18. The molecular weight excluding hydrogens is 1290 g/mol. The summed E-state index contributed by atoms with van der Waals surface area (Å²) in [4.78, 5) is 25.3. The molecule has 0 radical (unpaired) electrons. The van der Waals surface area contributed by atoms with Crippen molar-refractivity contribution < 1.29 is 59.2 Å². The Morgan fingerprint density at radius 3 is 1.56 bits per heavy atom. The van der Waals surface area contributed by atoms with Gasteiger partial charge in [0.15, 0.2) is 20.4 Å². The maximum absolute atomic E-state index is 12.8. The third-order valence-electron chi connectivity index (χ3n) is 10.4. The van der Waals surface area contributed by atoms with Crippen molar-refractivity contribution in [1.82, 2.24) is 0 Å². The van der Waals surface area contributed by atoms with E-state index in [4.69, 9.17) is 28.4 Å². The number of esters is 2. The van der Waals surface area contributed by atoms with E-state index in [1.165, 1.54) is 20.0 Å². The zero-order chi connectivity index (χ0) is 40.4. The zero-order valence-electron chi connectivity index (χ0n) is 32.0. The molecule has 13 heteroatoms. The van der Waals surface area contributed by atoms with Crippen LogP contribution >= 0.6 is 90.4 Å². The minimum atomic E-state index is -0.421. The number of carbonyl (C=O) groups is 2. The number of carbonyl (C=O) groups excluding carboxylic acids is 2. The van der Waals surface area contributed by atoms with E-state index in [1.807, 2.05) is 48.5 Å².